The van der Waals surface area contributed by atoms with Crippen molar-refractivity contribution in [1.29, 1.82) is 0 Å². The molecule has 0 spiro atoms. The van der Waals surface area contributed by atoms with E-state index in [1.54, 1.807) is 0 Å². The van der Waals surface area contributed by atoms with Gasteiger partial charge in [-0.15, -0.1) is 0 Å². The summed E-state index contributed by atoms with van der Waals surface area (Å²) in [5.74, 6) is 0. The predicted octanol–water partition coefficient (Wildman–Crippen LogP) is 1.82. The van der Waals surface area contributed by atoms with Crippen LogP contribution in [-0.4, -0.2) is 11.3 Å². The van der Waals surface area contributed by atoms with E-state index in [0.29, 0.717) is 16.7 Å². The molecule has 1 aliphatic carbocycles. The van der Waals surface area contributed by atoms with Gasteiger partial charge in [0.1, 0.15) is 0 Å². The Bertz CT molecular complexity index is 110. The molecule has 2 heteroatoms. The lowest BCUT2D eigenvalue weighted by atomic mass is 9.75. The Morgan fingerprint density at radius 1 is 1.40 bits per heavy atom. The highest BCUT2D eigenvalue weighted by atomic mass is 32.1. The predicted molar refractivity (Wildman–Crippen MR) is 48.4 cm³/mol. The Morgan fingerprint density at radius 3 is 2.40 bits per heavy atom. The van der Waals surface area contributed by atoms with Crippen molar-refractivity contribution < 1.29 is 0 Å². The number of rotatable bonds is 0. The molecule has 0 aromatic rings. The van der Waals surface area contributed by atoms with Gasteiger partial charge in [0.25, 0.3) is 0 Å². The molecule has 10 heavy (non-hydrogen) atoms. The van der Waals surface area contributed by atoms with Crippen LogP contribution in [0, 0.1) is 5.41 Å². The van der Waals surface area contributed by atoms with E-state index < -0.39 is 0 Å². The van der Waals surface area contributed by atoms with Crippen LogP contribution in [0.1, 0.15) is 33.1 Å². The van der Waals surface area contributed by atoms with Gasteiger partial charge < -0.3 is 5.73 Å². The summed E-state index contributed by atoms with van der Waals surface area (Å²) in [6.07, 6.45) is 3.46. The molecule has 0 aliphatic heterocycles. The maximum absolute atomic E-state index is 5.85. The second-order valence-corrected chi connectivity index (χ2v) is 4.95. The van der Waals surface area contributed by atoms with Crippen molar-refractivity contribution >= 4 is 12.6 Å². The molecule has 2 N–H and O–H groups in total. The smallest absolute Gasteiger partial charge is 0.00543 e. The lowest BCUT2D eigenvalue weighted by Crippen LogP contribution is -2.37. The van der Waals surface area contributed by atoms with Gasteiger partial charge in [0.2, 0.25) is 0 Å². The first-order valence-electron chi connectivity index (χ1n) is 3.93. The lowest BCUT2D eigenvalue weighted by Gasteiger charge is -2.36. The summed E-state index contributed by atoms with van der Waals surface area (Å²) in [6, 6.07) is 0.381. The molecule has 1 fully saturated rings. The maximum Gasteiger partial charge on any atom is 0.00543 e. The Balaban J connectivity index is 2.51. The Kier molecular flexibility index (Phi) is 2.31. The van der Waals surface area contributed by atoms with Crippen molar-refractivity contribution in [2.24, 2.45) is 11.1 Å². The van der Waals surface area contributed by atoms with E-state index in [2.05, 4.69) is 26.5 Å². The molecule has 60 valence electrons. The first kappa shape index (κ1) is 8.41. The summed E-state index contributed by atoms with van der Waals surface area (Å²) in [5.41, 5.74) is 6.27. The Labute approximate surface area is 68.8 Å². The third kappa shape index (κ3) is 2.17. The zero-order valence-electron chi connectivity index (χ0n) is 6.80. The SMILES string of the molecule is CC1(C)CC(N)CC(S)C1. The average Bonchev–Trinajstić information content (AvgIpc) is 1.54. The van der Waals surface area contributed by atoms with E-state index in [-0.39, 0.29) is 0 Å². The fourth-order valence-electron chi connectivity index (χ4n) is 1.95. The highest BCUT2D eigenvalue weighted by Crippen LogP contribution is 2.36. The molecule has 0 bridgehead atoms. The largest absolute Gasteiger partial charge is 0.328 e. The van der Waals surface area contributed by atoms with Crippen LogP contribution in [0.5, 0.6) is 0 Å². The van der Waals surface area contributed by atoms with E-state index in [9.17, 15) is 0 Å². The number of nitrogens with two attached hydrogens (primary N) is 1. The number of hydrogen-bond acceptors (Lipinski definition) is 2. The quantitative estimate of drug-likeness (QED) is 0.518. The van der Waals surface area contributed by atoms with Gasteiger partial charge in [-0.25, -0.2) is 0 Å². The molecule has 1 aliphatic rings. The van der Waals surface area contributed by atoms with Crippen molar-refractivity contribution in [3.8, 4) is 0 Å². The van der Waals surface area contributed by atoms with Crippen molar-refractivity contribution in [3.63, 3.8) is 0 Å². The molecule has 0 amide bonds. The van der Waals surface area contributed by atoms with E-state index in [0.717, 1.165) is 12.8 Å². The molecule has 1 nitrogen and oxygen atoms in total. The summed E-state index contributed by atoms with van der Waals surface area (Å²) in [7, 11) is 0. The van der Waals surface area contributed by atoms with Gasteiger partial charge >= 0.3 is 0 Å². The third-order valence-electron chi connectivity index (χ3n) is 2.18. The van der Waals surface area contributed by atoms with E-state index in [4.69, 9.17) is 5.73 Å². The first-order valence-corrected chi connectivity index (χ1v) is 4.45. The maximum atomic E-state index is 5.85. The normalized spacial score (nSPS) is 39.6. The third-order valence-corrected chi connectivity index (χ3v) is 2.57. The number of thiol groups is 1. The standard InChI is InChI=1S/C8H17NS/c1-8(2)4-6(9)3-7(10)5-8/h6-7,10H,3-5,9H2,1-2H3. The van der Waals surface area contributed by atoms with Gasteiger partial charge in [-0.05, 0) is 24.7 Å². The van der Waals surface area contributed by atoms with Crippen LogP contribution in [0.3, 0.4) is 0 Å². The lowest BCUT2D eigenvalue weighted by molar-refractivity contribution is 0.227. The van der Waals surface area contributed by atoms with Gasteiger partial charge in [-0.2, -0.15) is 12.6 Å². The molecule has 0 aromatic heterocycles. The molecule has 2 atom stereocenters. The minimum Gasteiger partial charge on any atom is -0.328 e. The molecule has 0 saturated heterocycles. The van der Waals surface area contributed by atoms with Crippen molar-refractivity contribution in [2.45, 2.75) is 44.4 Å². The van der Waals surface area contributed by atoms with Crippen LogP contribution in [0.4, 0.5) is 0 Å². The summed E-state index contributed by atoms with van der Waals surface area (Å²) in [5, 5.41) is 0.527. The summed E-state index contributed by atoms with van der Waals surface area (Å²) in [4.78, 5) is 0. The Morgan fingerprint density at radius 2 is 2.00 bits per heavy atom. The molecule has 1 rings (SSSR count). The molecular formula is C8H17NS. The average molecular weight is 159 g/mol. The minimum absolute atomic E-state index is 0.381. The van der Waals surface area contributed by atoms with E-state index in [1.807, 2.05) is 0 Å². The second kappa shape index (κ2) is 2.74. The molecule has 1 saturated carbocycles. The van der Waals surface area contributed by atoms with Crippen molar-refractivity contribution in [1.82, 2.24) is 0 Å². The van der Waals surface area contributed by atoms with Crippen molar-refractivity contribution in [3.05, 3.63) is 0 Å². The first-order chi connectivity index (χ1) is 4.49. The van der Waals surface area contributed by atoms with Crippen LogP contribution < -0.4 is 5.73 Å². The van der Waals surface area contributed by atoms with Crippen molar-refractivity contribution in [2.75, 3.05) is 0 Å². The fourth-order valence-corrected chi connectivity index (χ4v) is 2.71. The van der Waals surface area contributed by atoms with Gasteiger partial charge in [0.05, 0.1) is 0 Å². The highest BCUT2D eigenvalue weighted by molar-refractivity contribution is 7.80. The van der Waals surface area contributed by atoms with Gasteiger partial charge in [0.15, 0.2) is 0 Å². The number of hydrogen-bond donors (Lipinski definition) is 2. The monoisotopic (exact) mass is 159 g/mol. The van der Waals surface area contributed by atoms with Crippen LogP contribution in [0.2, 0.25) is 0 Å². The Hall–Kier alpha value is 0.310. The topological polar surface area (TPSA) is 26.0 Å². The zero-order chi connectivity index (χ0) is 7.78. The van der Waals surface area contributed by atoms with E-state index in [1.165, 1.54) is 6.42 Å². The van der Waals surface area contributed by atoms with Crippen LogP contribution in [-0.2, 0) is 0 Å². The summed E-state index contributed by atoms with van der Waals surface area (Å²) < 4.78 is 0. The summed E-state index contributed by atoms with van der Waals surface area (Å²) >= 11 is 4.45. The molecule has 0 radical (unpaired) electrons. The molecule has 0 aromatic carbocycles. The molecular weight excluding hydrogens is 142 g/mol. The fraction of sp³-hybridized carbons (Fsp3) is 1.00. The van der Waals surface area contributed by atoms with Crippen LogP contribution in [0.15, 0.2) is 0 Å². The highest BCUT2D eigenvalue weighted by Gasteiger charge is 2.30. The zero-order valence-corrected chi connectivity index (χ0v) is 7.70. The van der Waals surface area contributed by atoms with Crippen LogP contribution >= 0.6 is 12.6 Å². The van der Waals surface area contributed by atoms with E-state index >= 15 is 0 Å². The second-order valence-electron chi connectivity index (χ2n) is 4.22. The van der Waals surface area contributed by atoms with Gasteiger partial charge in [-0.1, -0.05) is 13.8 Å². The molecule has 2 unspecified atom stereocenters. The van der Waals surface area contributed by atoms with Gasteiger partial charge in [-0.3, -0.25) is 0 Å². The summed E-state index contributed by atoms with van der Waals surface area (Å²) in [6.45, 7) is 4.55. The molecule has 0 heterocycles. The van der Waals surface area contributed by atoms with Gasteiger partial charge in [0, 0.05) is 11.3 Å². The van der Waals surface area contributed by atoms with Crippen LogP contribution in [0.25, 0.3) is 0 Å². The minimum atomic E-state index is 0.381.